The third-order valence-corrected chi connectivity index (χ3v) is 1.94. The molecule has 0 aliphatic carbocycles. The Morgan fingerprint density at radius 1 is 1.27 bits per heavy atom. The molecule has 0 saturated carbocycles. The molecule has 0 spiro atoms. The van der Waals surface area contributed by atoms with Gasteiger partial charge in [0.2, 0.25) is 0 Å². The second-order valence-electron chi connectivity index (χ2n) is 3.04. The fourth-order valence-electron chi connectivity index (χ4n) is 0.587. The van der Waals surface area contributed by atoms with E-state index in [-0.39, 0.29) is 5.16 Å². The van der Waals surface area contributed by atoms with Crippen LogP contribution in [-0.2, 0) is 0 Å². The van der Waals surface area contributed by atoms with Crippen LogP contribution in [0.5, 0.6) is 0 Å². The first-order valence-corrected chi connectivity index (χ1v) is 4.80. The van der Waals surface area contributed by atoms with E-state index in [1.54, 1.807) is 6.92 Å². The minimum absolute atomic E-state index is 0.0537. The summed E-state index contributed by atoms with van der Waals surface area (Å²) in [5.74, 6) is 0. The van der Waals surface area contributed by atoms with Crippen molar-refractivity contribution in [2.75, 3.05) is 0 Å². The van der Waals surface area contributed by atoms with Gasteiger partial charge in [0.25, 0.3) is 0 Å². The lowest BCUT2D eigenvalue weighted by molar-refractivity contribution is -0.0912. The molecule has 0 amide bonds. The average molecular weight is 240 g/mol. The Hall–Kier alpha value is -0.770. The molecule has 0 rings (SSSR count). The second kappa shape index (κ2) is 5.95. The van der Waals surface area contributed by atoms with Gasteiger partial charge in [0, 0.05) is 11.3 Å². The van der Waals surface area contributed by atoms with Crippen LogP contribution >= 0.6 is 11.6 Å². The summed E-state index contributed by atoms with van der Waals surface area (Å²) < 4.78 is 36.2. The van der Waals surface area contributed by atoms with Gasteiger partial charge in [-0.3, -0.25) is 0 Å². The van der Waals surface area contributed by atoms with Crippen LogP contribution in [0, 0.1) is 0 Å². The molecule has 0 unspecified atom stereocenters. The quantitative estimate of drug-likeness (QED) is 0.392. The van der Waals surface area contributed by atoms with Gasteiger partial charge >= 0.3 is 6.18 Å². The molecule has 0 radical (unpaired) electrons. The molecule has 86 valence electrons. The summed E-state index contributed by atoms with van der Waals surface area (Å²) in [5, 5.41) is 0.0537. The molecule has 0 aliphatic heterocycles. The fraction of sp³-hybridized carbons (Fsp3) is 0.500. The smallest absolute Gasteiger partial charge is 0.246 e. The maximum atomic E-state index is 12.1. The molecule has 0 heterocycles. The van der Waals surface area contributed by atoms with E-state index in [0.29, 0.717) is 6.42 Å². The van der Waals surface area contributed by atoms with Crippen LogP contribution in [0.4, 0.5) is 13.2 Å². The van der Waals surface area contributed by atoms with E-state index in [4.69, 9.17) is 11.6 Å². The maximum Gasteiger partial charge on any atom is 0.412 e. The van der Waals surface area contributed by atoms with Crippen LogP contribution in [0.25, 0.3) is 0 Å². The number of rotatable bonds is 3. The Morgan fingerprint density at radius 2 is 1.80 bits per heavy atom. The van der Waals surface area contributed by atoms with E-state index in [0.717, 1.165) is 24.8 Å². The van der Waals surface area contributed by atoms with Crippen molar-refractivity contribution >= 4 is 17.3 Å². The van der Waals surface area contributed by atoms with Crippen molar-refractivity contribution in [1.29, 1.82) is 0 Å². The summed E-state index contributed by atoms with van der Waals surface area (Å²) in [6.45, 7) is 4.63. The minimum Gasteiger partial charge on any atom is -0.246 e. The molecule has 0 aromatic heterocycles. The Labute approximate surface area is 92.3 Å². The predicted molar refractivity (Wildman–Crippen MR) is 57.1 cm³/mol. The van der Waals surface area contributed by atoms with Crippen molar-refractivity contribution < 1.29 is 13.2 Å². The summed E-state index contributed by atoms with van der Waals surface area (Å²) in [6, 6.07) is 0. The zero-order chi connectivity index (χ0) is 12.1. The van der Waals surface area contributed by atoms with Gasteiger partial charge in [-0.1, -0.05) is 24.6 Å². The number of alkyl halides is 3. The number of aliphatic imine (C=N–C) groups is 1. The maximum absolute atomic E-state index is 12.1. The van der Waals surface area contributed by atoms with Crippen LogP contribution in [0.3, 0.4) is 0 Å². The van der Waals surface area contributed by atoms with Crippen LogP contribution in [0.1, 0.15) is 27.2 Å². The predicted octanol–water partition coefficient (Wildman–Crippen LogP) is 4.45. The van der Waals surface area contributed by atoms with Gasteiger partial charge in [0.1, 0.15) is 5.16 Å². The van der Waals surface area contributed by atoms with Gasteiger partial charge in [-0.25, -0.2) is 4.99 Å². The monoisotopic (exact) mass is 239 g/mol. The van der Waals surface area contributed by atoms with E-state index in [1.165, 1.54) is 0 Å². The summed E-state index contributed by atoms with van der Waals surface area (Å²) in [7, 11) is 0. The first kappa shape index (κ1) is 14.2. The SMILES string of the molecule is CC\C(C)=N/C(Cl)=C\C=C(/C)C(F)(F)F. The van der Waals surface area contributed by atoms with Crippen LogP contribution in [-0.4, -0.2) is 11.9 Å². The van der Waals surface area contributed by atoms with E-state index in [9.17, 15) is 13.2 Å². The normalized spacial score (nSPS) is 15.8. The Kier molecular flexibility index (Phi) is 5.65. The highest BCUT2D eigenvalue weighted by Crippen LogP contribution is 2.25. The van der Waals surface area contributed by atoms with E-state index >= 15 is 0 Å². The zero-order valence-corrected chi connectivity index (χ0v) is 9.58. The largest absolute Gasteiger partial charge is 0.412 e. The van der Waals surface area contributed by atoms with E-state index in [2.05, 4.69) is 4.99 Å². The molecule has 1 nitrogen and oxygen atoms in total. The standard InChI is InChI=1S/C10H13ClF3N/c1-4-8(3)15-9(11)6-5-7(2)10(12,13)14/h5-6H,4H2,1-3H3/b7-5+,9-6-,15-8-. The van der Waals surface area contributed by atoms with Crippen LogP contribution in [0.2, 0.25) is 0 Å². The van der Waals surface area contributed by atoms with Crippen molar-refractivity contribution in [2.45, 2.75) is 33.4 Å². The van der Waals surface area contributed by atoms with Crippen LogP contribution < -0.4 is 0 Å². The molecule has 0 aromatic rings. The Bertz CT molecular complexity index is 300. The molecule has 0 saturated heterocycles. The van der Waals surface area contributed by atoms with Gasteiger partial charge in [-0.15, -0.1) is 0 Å². The molecule has 5 heteroatoms. The lowest BCUT2D eigenvalue weighted by atomic mass is 10.3. The highest BCUT2D eigenvalue weighted by atomic mass is 35.5. The van der Waals surface area contributed by atoms with Crippen molar-refractivity contribution in [3.8, 4) is 0 Å². The van der Waals surface area contributed by atoms with E-state index < -0.39 is 11.7 Å². The topological polar surface area (TPSA) is 12.4 Å². The molecular weight excluding hydrogens is 227 g/mol. The van der Waals surface area contributed by atoms with E-state index in [1.807, 2.05) is 6.92 Å². The average Bonchev–Trinajstić information content (AvgIpc) is 2.12. The highest BCUT2D eigenvalue weighted by Gasteiger charge is 2.29. The van der Waals surface area contributed by atoms with Gasteiger partial charge in [0.05, 0.1) is 0 Å². The lowest BCUT2D eigenvalue weighted by Gasteiger charge is -2.04. The fourth-order valence-corrected chi connectivity index (χ4v) is 0.794. The number of hydrogen-bond acceptors (Lipinski definition) is 1. The van der Waals surface area contributed by atoms with Crippen molar-refractivity contribution in [1.82, 2.24) is 0 Å². The van der Waals surface area contributed by atoms with Crippen molar-refractivity contribution in [3.05, 3.63) is 22.9 Å². The lowest BCUT2D eigenvalue weighted by Crippen LogP contribution is -2.08. The van der Waals surface area contributed by atoms with Crippen LogP contribution in [0.15, 0.2) is 27.9 Å². The van der Waals surface area contributed by atoms with Gasteiger partial charge in [-0.05, 0) is 26.3 Å². The summed E-state index contributed by atoms with van der Waals surface area (Å²) in [6.07, 6.45) is -1.54. The number of nitrogens with zero attached hydrogens (tertiary/aromatic N) is 1. The van der Waals surface area contributed by atoms with Gasteiger partial charge < -0.3 is 0 Å². The molecule has 15 heavy (non-hydrogen) atoms. The Balaban J connectivity index is 4.66. The number of halogens is 4. The number of hydrogen-bond donors (Lipinski definition) is 0. The van der Waals surface area contributed by atoms with Gasteiger partial charge in [0.15, 0.2) is 0 Å². The third-order valence-electron chi connectivity index (χ3n) is 1.73. The summed E-state index contributed by atoms with van der Waals surface area (Å²) in [5.41, 5.74) is 0.0688. The molecule has 0 N–H and O–H groups in total. The highest BCUT2D eigenvalue weighted by molar-refractivity contribution is 6.30. The van der Waals surface area contributed by atoms with Crippen molar-refractivity contribution in [2.24, 2.45) is 4.99 Å². The number of allylic oxidation sites excluding steroid dienone is 3. The molecule has 0 atom stereocenters. The molecule has 0 aromatic carbocycles. The zero-order valence-electron chi connectivity index (χ0n) is 8.82. The molecule has 0 aliphatic rings. The molecule has 0 bridgehead atoms. The summed E-state index contributed by atoms with van der Waals surface area (Å²) in [4.78, 5) is 3.88. The summed E-state index contributed by atoms with van der Waals surface area (Å²) >= 11 is 5.61. The van der Waals surface area contributed by atoms with Crippen molar-refractivity contribution in [3.63, 3.8) is 0 Å². The minimum atomic E-state index is -4.31. The first-order valence-electron chi connectivity index (χ1n) is 4.42. The molecular formula is C10H13ClF3N. The Morgan fingerprint density at radius 3 is 2.20 bits per heavy atom. The van der Waals surface area contributed by atoms with Gasteiger partial charge in [-0.2, -0.15) is 13.2 Å². The molecule has 0 fully saturated rings. The third kappa shape index (κ3) is 6.33. The first-order chi connectivity index (χ1) is 6.77. The second-order valence-corrected chi connectivity index (χ2v) is 3.42.